The van der Waals surface area contributed by atoms with Crippen molar-refractivity contribution in [3.63, 3.8) is 0 Å². The molecule has 0 fully saturated rings. The zero-order chi connectivity index (χ0) is 28.8. The number of amidine groups is 1. The van der Waals surface area contributed by atoms with E-state index in [-0.39, 0.29) is 24.7 Å². The van der Waals surface area contributed by atoms with Crippen LogP contribution < -0.4 is 16.5 Å². The molecule has 2 rings (SSSR count). The summed E-state index contributed by atoms with van der Waals surface area (Å²) in [5.74, 6) is -2.50. The second kappa shape index (κ2) is 18.0. The van der Waals surface area contributed by atoms with Gasteiger partial charge in [0.15, 0.2) is 0 Å². The first-order valence-corrected chi connectivity index (χ1v) is 13.3. The number of hydrogen-bond acceptors (Lipinski definition) is 6. The molecule has 2 amide bonds. The first-order valence-electron chi connectivity index (χ1n) is 13.3. The maximum atomic E-state index is 13.6. The Hall–Kier alpha value is -3.43. The summed E-state index contributed by atoms with van der Waals surface area (Å²) in [4.78, 5) is 43.2. The molecule has 0 bridgehead atoms. The largest absolute Gasteiger partial charge is 0.467 e. The number of ether oxygens (including phenoxy) is 1. The van der Waals surface area contributed by atoms with E-state index in [9.17, 15) is 19.6 Å². The fourth-order valence-electron chi connectivity index (χ4n) is 4.58. The summed E-state index contributed by atoms with van der Waals surface area (Å²) in [6.07, 6.45) is 2.44. The van der Waals surface area contributed by atoms with Gasteiger partial charge < -0.3 is 15.8 Å². The minimum Gasteiger partial charge on any atom is -0.467 e. The van der Waals surface area contributed by atoms with Crippen molar-refractivity contribution in [1.82, 2.24) is 10.8 Å². The molecule has 0 aliphatic carbocycles. The quantitative estimate of drug-likeness (QED) is 0.0832. The molecule has 0 aliphatic rings. The molecule has 2 aromatic carbocycles. The average molecular weight is 575 g/mol. The number of nitrogens with one attached hydrogen (secondary N) is 2. The molecule has 5 N–H and O–H groups in total. The fraction of sp³-hybridized carbons (Fsp3) is 0.467. The number of halogens is 1. The van der Waals surface area contributed by atoms with Crippen LogP contribution in [0.15, 0.2) is 59.6 Å². The van der Waals surface area contributed by atoms with Gasteiger partial charge in [-0.2, -0.15) is 0 Å². The van der Waals surface area contributed by atoms with Crippen molar-refractivity contribution < 1.29 is 24.3 Å². The molecule has 220 valence electrons. The summed E-state index contributed by atoms with van der Waals surface area (Å²) in [6.45, 7) is 6.11. The van der Waals surface area contributed by atoms with E-state index in [1.807, 2.05) is 68.4 Å². The summed E-state index contributed by atoms with van der Waals surface area (Å²) in [5, 5.41) is 12.3. The molecule has 9 nitrogen and oxygen atoms in total. The number of nitrogens with two attached hydrogens (primary N) is 1. The highest BCUT2D eigenvalue weighted by atomic mass is 35.5. The van der Waals surface area contributed by atoms with Crippen LogP contribution >= 0.6 is 12.4 Å². The third-order valence-electron chi connectivity index (χ3n) is 6.59. The van der Waals surface area contributed by atoms with Gasteiger partial charge >= 0.3 is 5.97 Å². The van der Waals surface area contributed by atoms with E-state index in [0.29, 0.717) is 31.6 Å². The lowest BCUT2D eigenvalue weighted by Gasteiger charge is -2.28. The second-order valence-electron chi connectivity index (χ2n) is 10.3. The van der Waals surface area contributed by atoms with Crippen molar-refractivity contribution in [1.29, 1.82) is 0 Å². The molecule has 0 heterocycles. The number of amides is 2. The minimum atomic E-state index is -0.936. The summed E-state index contributed by atoms with van der Waals surface area (Å²) < 4.78 is 4.97. The van der Waals surface area contributed by atoms with Gasteiger partial charge in [-0.1, -0.05) is 68.4 Å². The standard InChI is InChI=1S/C30H42N4O5.ClH/c1-20(2)17-26(25(29(36)34-38)12-8-11-22-9-6-5-7-10-22)28(35)33-27(30(37)39-4)18-23-13-15-24(16-14-23)19-32-21(3)31;/h5-7,9-10,13-16,20,25-27,38H,8,11-12,17-19H2,1-4H3,(H2,31,32)(H,33,35)(H,34,36);1H/t25-,26+,27-;/m0./s1. The van der Waals surface area contributed by atoms with E-state index in [0.717, 1.165) is 23.1 Å². The first-order chi connectivity index (χ1) is 18.6. The SMILES string of the molecule is COC(=O)[C@H](Cc1ccc(CN=C(C)N)cc1)NC(=O)[C@H](CC(C)C)[C@H](CCCc1ccccc1)C(=O)NO.Cl. The summed E-state index contributed by atoms with van der Waals surface area (Å²) >= 11 is 0. The average Bonchev–Trinajstić information content (AvgIpc) is 2.93. The second-order valence-corrected chi connectivity index (χ2v) is 10.3. The van der Waals surface area contributed by atoms with Crippen LogP contribution in [0.1, 0.15) is 56.7 Å². The Bertz CT molecular complexity index is 1090. The van der Waals surface area contributed by atoms with Gasteiger partial charge in [-0.25, -0.2) is 10.3 Å². The Morgan fingerprint density at radius 2 is 1.57 bits per heavy atom. The van der Waals surface area contributed by atoms with Gasteiger partial charge in [0.1, 0.15) is 6.04 Å². The number of carbonyl (C=O) groups excluding carboxylic acids is 3. The van der Waals surface area contributed by atoms with Gasteiger partial charge in [0.25, 0.3) is 0 Å². The number of aliphatic imine (C=N–C) groups is 1. The smallest absolute Gasteiger partial charge is 0.328 e. The van der Waals surface area contributed by atoms with Crippen LogP contribution in [0.4, 0.5) is 0 Å². The van der Waals surface area contributed by atoms with E-state index in [4.69, 9.17) is 10.5 Å². The predicted octanol–water partition coefficient (Wildman–Crippen LogP) is 3.99. The maximum absolute atomic E-state index is 13.6. The number of carbonyl (C=O) groups is 3. The number of rotatable bonds is 15. The monoisotopic (exact) mass is 574 g/mol. The lowest BCUT2D eigenvalue weighted by Crippen LogP contribution is -2.49. The van der Waals surface area contributed by atoms with Crippen LogP contribution in [-0.4, -0.2) is 42.0 Å². The van der Waals surface area contributed by atoms with Gasteiger partial charge in [0.2, 0.25) is 11.8 Å². The van der Waals surface area contributed by atoms with Crippen LogP contribution in [0.3, 0.4) is 0 Å². The molecule has 40 heavy (non-hydrogen) atoms. The topological polar surface area (TPSA) is 143 Å². The molecule has 3 atom stereocenters. The Labute approximate surface area is 243 Å². The lowest BCUT2D eigenvalue weighted by atomic mass is 9.80. The van der Waals surface area contributed by atoms with Crippen molar-refractivity contribution >= 4 is 36.0 Å². The molecule has 0 aliphatic heterocycles. The van der Waals surface area contributed by atoms with Crippen LogP contribution in [0, 0.1) is 17.8 Å². The number of aryl methyl sites for hydroxylation is 1. The van der Waals surface area contributed by atoms with Crippen LogP contribution in [0.2, 0.25) is 0 Å². The van der Waals surface area contributed by atoms with E-state index in [1.165, 1.54) is 7.11 Å². The summed E-state index contributed by atoms with van der Waals surface area (Å²) in [6, 6.07) is 16.5. The number of benzene rings is 2. The Morgan fingerprint density at radius 1 is 0.950 bits per heavy atom. The van der Waals surface area contributed by atoms with Gasteiger partial charge in [0.05, 0.1) is 25.4 Å². The fourth-order valence-corrected chi connectivity index (χ4v) is 4.58. The van der Waals surface area contributed by atoms with Crippen LogP contribution in [0.5, 0.6) is 0 Å². The Balaban J connectivity index is 0.00000800. The highest BCUT2D eigenvalue weighted by molar-refractivity contribution is 5.90. The molecular weight excluding hydrogens is 532 g/mol. The highest BCUT2D eigenvalue weighted by Gasteiger charge is 2.36. The van der Waals surface area contributed by atoms with Gasteiger partial charge in [0, 0.05) is 12.3 Å². The summed E-state index contributed by atoms with van der Waals surface area (Å²) in [7, 11) is 1.27. The molecule has 0 spiro atoms. The van der Waals surface area contributed by atoms with Crippen molar-refractivity contribution in [2.45, 2.75) is 65.5 Å². The molecule has 0 unspecified atom stereocenters. The van der Waals surface area contributed by atoms with Crippen molar-refractivity contribution in [3.05, 3.63) is 71.3 Å². The van der Waals surface area contributed by atoms with Crippen molar-refractivity contribution in [2.24, 2.45) is 28.5 Å². The lowest BCUT2D eigenvalue weighted by molar-refractivity contribution is -0.147. The number of hydrogen-bond donors (Lipinski definition) is 4. The third-order valence-corrected chi connectivity index (χ3v) is 6.59. The Morgan fingerprint density at radius 3 is 2.12 bits per heavy atom. The number of nitrogens with zero attached hydrogens (tertiary/aromatic N) is 1. The molecule has 2 aromatic rings. The van der Waals surface area contributed by atoms with E-state index in [1.54, 1.807) is 12.4 Å². The molecule has 0 aromatic heterocycles. The van der Waals surface area contributed by atoms with Crippen molar-refractivity contribution in [3.8, 4) is 0 Å². The van der Waals surface area contributed by atoms with Crippen molar-refractivity contribution in [2.75, 3.05) is 7.11 Å². The maximum Gasteiger partial charge on any atom is 0.328 e. The molecule has 0 saturated heterocycles. The minimum absolute atomic E-state index is 0. The number of esters is 1. The van der Waals surface area contributed by atoms with Crippen LogP contribution in [0.25, 0.3) is 0 Å². The van der Waals surface area contributed by atoms with Gasteiger partial charge in [-0.15, -0.1) is 12.4 Å². The van der Waals surface area contributed by atoms with Crippen LogP contribution in [-0.2, 0) is 38.5 Å². The zero-order valence-electron chi connectivity index (χ0n) is 23.8. The van der Waals surface area contributed by atoms with Gasteiger partial charge in [-0.3, -0.25) is 19.8 Å². The number of methoxy groups -OCH3 is 1. The predicted molar refractivity (Wildman–Crippen MR) is 158 cm³/mol. The summed E-state index contributed by atoms with van der Waals surface area (Å²) in [5.41, 5.74) is 10.3. The molecular formula is C30H43ClN4O5. The van der Waals surface area contributed by atoms with E-state index in [2.05, 4.69) is 10.3 Å². The molecule has 0 radical (unpaired) electrons. The molecule has 10 heteroatoms. The highest BCUT2D eigenvalue weighted by Crippen LogP contribution is 2.27. The van der Waals surface area contributed by atoms with E-state index < -0.39 is 35.7 Å². The number of hydroxylamine groups is 1. The van der Waals surface area contributed by atoms with E-state index >= 15 is 0 Å². The first kappa shape index (κ1) is 34.6. The normalized spacial score (nSPS) is 13.5. The third kappa shape index (κ3) is 11.8. The Kier molecular flexibility index (Phi) is 15.6. The molecule has 0 saturated carbocycles. The zero-order valence-corrected chi connectivity index (χ0v) is 24.6. The van der Waals surface area contributed by atoms with Gasteiger partial charge in [-0.05, 0) is 55.2 Å².